The third-order valence-electron chi connectivity index (χ3n) is 9.02. The summed E-state index contributed by atoms with van der Waals surface area (Å²) in [4.78, 5) is 115. The second-order valence-corrected chi connectivity index (χ2v) is 13.6. The van der Waals surface area contributed by atoms with E-state index in [2.05, 4.69) is 26.6 Å². The van der Waals surface area contributed by atoms with Crippen LogP contribution >= 0.6 is 0 Å². The zero-order chi connectivity index (χ0) is 43.1. The van der Waals surface area contributed by atoms with Gasteiger partial charge in [0.2, 0.25) is 35.4 Å². The van der Waals surface area contributed by atoms with E-state index in [0.717, 1.165) is 4.90 Å². The number of amides is 6. The van der Waals surface area contributed by atoms with Gasteiger partial charge in [-0.05, 0) is 61.6 Å². The van der Waals surface area contributed by atoms with Gasteiger partial charge >= 0.3 is 17.9 Å². The second kappa shape index (κ2) is 21.5. The van der Waals surface area contributed by atoms with E-state index >= 15 is 0 Å². The number of carboxylic acids is 3. The standard InChI is InChI=1S/C37H47N7O14/c1-19(36(56)44-14-2-3-28(44)37(57)58)40-29(47)18-39-33(53)26(15-20-4-8-22(45)9-5-20)43-34(54)25(12-13-30(48)49)41-35(55)27(16-21-6-10-23(46)11-7-21)42-32(52)24(38)17-31(50)51/h4-11,19,24-28,45-46H,2-3,12-18,38H2,1H3,(H,39,53)(H,40,47)(H,41,55)(H,42,52)(H,43,54)(H,48,49)(H,50,51)(H,57,58)/t19-,24-,25-,26-,27-,28-/m0/s1. The van der Waals surface area contributed by atoms with E-state index < -0.39 is 115 Å². The van der Waals surface area contributed by atoms with Crippen LogP contribution in [0.5, 0.6) is 11.5 Å². The van der Waals surface area contributed by atoms with Crippen molar-refractivity contribution in [3.8, 4) is 11.5 Å². The van der Waals surface area contributed by atoms with Gasteiger partial charge in [-0.3, -0.25) is 38.4 Å². The van der Waals surface area contributed by atoms with Crippen LogP contribution in [0, 0.1) is 0 Å². The van der Waals surface area contributed by atoms with E-state index in [0.29, 0.717) is 17.5 Å². The van der Waals surface area contributed by atoms with Crippen LogP contribution in [0.15, 0.2) is 48.5 Å². The number of likely N-dealkylation sites (tertiary alicyclic amines) is 1. The fourth-order valence-electron chi connectivity index (χ4n) is 5.98. The van der Waals surface area contributed by atoms with Crippen molar-refractivity contribution in [2.24, 2.45) is 5.73 Å². The van der Waals surface area contributed by atoms with Crippen molar-refractivity contribution in [2.45, 2.75) is 88.1 Å². The number of nitrogens with two attached hydrogens (primary N) is 1. The first-order valence-electron chi connectivity index (χ1n) is 18.1. The summed E-state index contributed by atoms with van der Waals surface area (Å²) in [5, 5.41) is 59.2. The molecule has 2 aromatic carbocycles. The van der Waals surface area contributed by atoms with E-state index in [1.165, 1.54) is 55.5 Å². The summed E-state index contributed by atoms with van der Waals surface area (Å²) in [5.74, 6) is -9.60. The molecular formula is C37H47N7O14. The molecule has 314 valence electrons. The van der Waals surface area contributed by atoms with Gasteiger partial charge in [-0.15, -0.1) is 0 Å². The summed E-state index contributed by atoms with van der Waals surface area (Å²) in [6, 6.07) is 2.62. The third-order valence-corrected chi connectivity index (χ3v) is 9.02. The number of phenols is 2. The number of hydrogen-bond donors (Lipinski definition) is 11. The number of carbonyl (C=O) groups excluding carboxylic acids is 6. The van der Waals surface area contributed by atoms with Gasteiger partial charge in [0.25, 0.3) is 0 Å². The van der Waals surface area contributed by atoms with Crippen molar-refractivity contribution in [3.63, 3.8) is 0 Å². The molecule has 0 aromatic heterocycles. The highest BCUT2D eigenvalue weighted by molar-refractivity contribution is 5.97. The lowest BCUT2D eigenvalue weighted by Gasteiger charge is -2.26. The molecule has 3 rings (SSSR count). The summed E-state index contributed by atoms with van der Waals surface area (Å²) in [6.07, 6.45) is -1.69. The normalized spacial score (nSPS) is 16.0. The molecular weight excluding hydrogens is 766 g/mol. The number of aliphatic carboxylic acids is 3. The van der Waals surface area contributed by atoms with Crippen LogP contribution in [-0.4, -0.2) is 133 Å². The van der Waals surface area contributed by atoms with Crippen LogP contribution in [0.2, 0.25) is 0 Å². The molecule has 0 unspecified atom stereocenters. The van der Waals surface area contributed by atoms with Crippen LogP contribution in [0.25, 0.3) is 0 Å². The summed E-state index contributed by atoms with van der Waals surface area (Å²) in [7, 11) is 0. The third kappa shape index (κ3) is 14.4. The molecule has 1 heterocycles. The Kier molecular flexibility index (Phi) is 16.9. The molecule has 1 aliphatic heterocycles. The number of nitrogens with zero attached hydrogens (tertiary/aromatic N) is 1. The van der Waals surface area contributed by atoms with E-state index in [9.17, 15) is 63.6 Å². The number of hydrogen-bond acceptors (Lipinski definition) is 12. The SMILES string of the molecule is C[C@H](NC(=O)CNC(=O)[C@H](Cc1ccc(O)cc1)NC(=O)[C@H](CCC(=O)O)NC(=O)[C@H](Cc1ccc(O)cc1)NC(=O)[C@@H](N)CC(=O)O)C(=O)N1CCC[C@H]1C(=O)O. The Labute approximate surface area is 331 Å². The van der Waals surface area contributed by atoms with E-state index in [1.54, 1.807) is 0 Å². The maximum atomic E-state index is 13.8. The summed E-state index contributed by atoms with van der Waals surface area (Å²) in [6.45, 7) is 0.848. The monoisotopic (exact) mass is 813 g/mol. The van der Waals surface area contributed by atoms with Crippen molar-refractivity contribution in [1.29, 1.82) is 0 Å². The molecule has 1 aliphatic rings. The molecule has 2 aromatic rings. The van der Waals surface area contributed by atoms with Gasteiger partial charge in [0.05, 0.1) is 19.0 Å². The minimum atomic E-state index is -1.64. The lowest BCUT2D eigenvalue weighted by molar-refractivity contribution is -0.149. The van der Waals surface area contributed by atoms with Gasteiger partial charge in [-0.2, -0.15) is 0 Å². The molecule has 0 radical (unpaired) electrons. The quantitative estimate of drug-likeness (QED) is 0.0632. The van der Waals surface area contributed by atoms with Gasteiger partial charge in [-0.25, -0.2) is 4.79 Å². The number of phenolic OH excluding ortho intramolecular Hbond substituents is 2. The summed E-state index contributed by atoms with van der Waals surface area (Å²) >= 11 is 0. The Morgan fingerprint density at radius 3 is 1.72 bits per heavy atom. The van der Waals surface area contributed by atoms with Crippen LogP contribution in [0.3, 0.4) is 0 Å². The van der Waals surface area contributed by atoms with Crippen LogP contribution in [0.4, 0.5) is 0 Å². The predicted octanol–water partition coefficient (Wildman–Crippen LogP) is -2.30. The molecule has 1 saturated heterocycles. The van der Waals surface area contributed by atoms with Crippen LogP contribution < -0.4 is 32.3 Å². The highest BCUT2D eigenvalue weighted by Crippen LogP contribution is 2.19. The zero-order valence-electron chi connectivity index (χ0n) is 31.4. The highest BCUT2D eigenvalue weighted by atomic mass is 16.4. The first kappa shape index (κ1) is 45.6. The smallest absolute Gasteiger partial charge is 0.326 e. The molecule has 12 N–H and O–H groups in total. The van der Waals surface area contributed by atoms with Crippen molar-refractivity contribution in [2.75, 3.05) is 13.1 Å². The van der Waals surface area contributed by atoms with Crippen molar-refractivity contribution in [1.82, 2.24) is 31.5 Å². The molecule has 0 bridgehead atoms. The average molecular weight is 814 g/mol. The second-order valence-electron chi connectivity index (χ2n) is 13.6. The Hall–Kier alpha value is -6.77. The highest BCUT2D eigenvalue weighted by Gasteiger charge is 2.36. The molecule has 0 aliphatic carbocycles. The topological polar surface area (TPSA) is 344 Å². The number of carboxylic acid groups (broad SMARTS) is 3. The van der Waals surface area contributed by atoms with Gasteiger partial charge < -0.3 is 62.8 Å². The largest absolute Gasteiger partial charge is 0.508 e. The summed E-state index contributed by atoms with van der Waals surface area (Å²) in [5.41, 5.74) is 6.51. The molecule has 6 amide bonds. The first-order valence-corrected chi connectivity index (χ1v) is 18.1. The minimum Gasteiger partial charge on any atom is -0.508 e. The average Bonchev–Trinajstić information content (AvgIpc) is 3.66. The van der Waals surface area contributed by atoms with Crippen molar-refractivity contribution < 1.29 is 68.7 Å². The van der Waals surface area contributed by atoms with Gasteiger partial charge in [0.1, 0.15) is 41.7 Å². The maximum Gasteiger partial charge on any atom is 0.326 e. The number of carbonyl (C=O) groups is 9. The predicted molar refractivity (Wildman–Crippen MR) is 199 cm³/mol. The van der Waals surface area contributed by atoms with E-state index in [1.807, 2.05) is 0 Å². The minimum absolute atomic E-state index is 0.105. The molecule has 0 saturated carbocycles. The maximum absolute atomic E-state index is 13.8. The number of aromatic hydroxyl groups is 2. The van der Waals surface area contributed by atoms with Gasteiger partial charge in [0, 0.05) is 25.8 Å². The van der Waals surface area contributed by atoms with Crippen LogP contribution in [0.1, 0.15) is 50.2 Å². The van der Waals surface area contributed by atoms with Crippen molar-refractivity contribution in [3.05, 3.63) is 59.7 Å². The number of benzene rings is 2. The molecule has 0 spiro atoms. The fraction of sp³-hybridized carbons (Fsp3) is 0.432. The molecule has 6 atom stereocenters. The lowest BCUT2D eigenvalue weighted by Crippen LogP contribution is -2.59. The number of rotatable bonds is 21. The summed E-state index contributed by atoms with van der Waals surface area (Å²) < 4.78 is 0. The van der Waals surface area contributed by atoms with Crippen molar-refractivity contribution >= 4 is 53.4 Å². The zero-order valence-corrected chi connectivity index (χ0v) is 31.4. The molecule has 1 fully saturated rings. The lowest BCUT2D eigenvalue weighted by atomic mass is 10.0. The van der Waals surface area contributed by atoms with Crippen LogP contribution in [-0.2, 0) is 56.0 Å². The van der Waals surface area contributed by atoms with Gasteiger partial charge in [-0.1, -0.05) is 24.3 Å². The number of nitrogens with one attached hydrogen (secondary N) is 5. The Balaban J connectivity index is 1.80. The molecule has 58 heavy (non-hydrogen) atoms. The molecule has 21 heteroatoms. The Bertz CT molecular complexity index is 1840. The molecule has 21 nitrogen and oxygen atoms in total. The first-order chi connectivity index (χ1) is 27.3. The Morgan fingerprint density at radius 2 is 1.21 bits per heavy atom. The van der Waals surface area contributed by atoms with Gasteiger partial charge in [0.15, 0.2) is 0 Å². The van der Waals surface area contributed by atoms with E-state index in [4.69, 9.17) is 10.8 Å². The Morgan fingerprint density at radius 1 is 0.707 bits per heavy atom. The van der Waals surface area contributed by atoms with E-state index in [-0.39, 0.29) is 37.3 Å². The fourth-order valence-corrected chi connectivity index (χ4v) is 5.98.